The first-order valence-corrected chi connectivity index (χ1v) is 11.0. The maximum Gasteiger partial charge on any atom is 0.308 e. The molecule has 1 heterocycles. The molecule has 0 fully saturated rings. The Morgan fingerprint density at radius 3 is 2.03 bits per heavy atom. The van der Waals surface area contributed by atoms with Gasteiger partial charge < -0.3 is 14.8 Å². The first-order valence-electron chi connectivity index (χ1n) is 11.0. The number of carbonyl (C=O) groups excluding carboxylic acids is 3. The first kappa shape index (κ1) is 25.4. The highest BCUT2D eigenvalue weighted by atomic mass is 16.6. The highest BCUT2D eigenvalue weighted by Gasteiger charge is 2.26. The monoisotopic (exact) mass is 476 g/mol. The number of nitrogens with one attached hydrogen (secondary N) is 2. The van der Waals surface area contributed by atoms with E-state index in [9.17, 15) is 14.4 Å². The van der Waals surface area contributed by atoms with E-state index in [1.807, 2.05) is 60.7 Å². The summed E-state index contributed by atoms with van der Waals surface area (Å²) in [5.74, 6) is -1.70. The molecule has 0 aliphatic rings. The summed E-state index contributed by atoms with van der Waals surface area (Å²) >= 11 is 0. The first-order chi connectivity index (χ1) is 16.8. The summed E-state index contributed by atoms with van der Waals surface area (Å²) in [5, 5.41) is 4.30. The Balaban J connectivity index is 1.75. The van der Waals surface area contributed by atoms with Crippen molar-refractivity contribution in [3.8, 4) is 11.5 Å². The Morgan fingerprint density at radius 2 is 1.51 bits per heavy atom. The molecule has 35 heavy (non-hydrogen) atoms. The minimum Gasteiger partial charge on any atom is -0.493 e. The number of hydrogen-bond donors (Lipinski definition) is 2. The molecule has 0 radical (unpaired) electrons. The normalized spacial score (nSPS) is 11.6. The van der Waals surface area contributed by atoms with Crippen molar-refractivity contribution < 1.29 is 23.9 Å². The number of aromatic nitrogens is 1. The van der Waals surface area contributed by atoms with Crippen molar-refractivity contribution in [1.29, 1.82) is 0 Å². The van der Waals surface area contributed by atoms with Crippen molar-refractivity contribution in [3.63, 3.8) is 0 Å². The maximum absolute atomic E-state index is 13.0. The number of pyridine rings is 1. The summed E-state index contributed by atoms with van der Waals surface area (Å²) in [6.45, 7) is 2.75. The van der Waals surface area contributed by atoms with E-state index in [-0.39, 0.29) is 23.2 Å². The smallest absolute Gasteiger partial charge is 0.308 e. The Morgan fingerprint density at radius 1 is 0.943 bits per heavy atom. The quantitative estimate of drug-likeness (QED) is 0.361. The molecule has 1 aromatic heterocycles. The summed E-state index contributed by atoms with van der Waals surface area (Å²) in [6.07, 6.45) is 1.35. The molecule has 1 atom stereocenters. The van der Waals surface area contributed by atoms with Gasteiger partial charge in [0.2, 0.25) is 5.75 Å². The van der Waals surface area contributed by atoms with Gasteiger partial charge in [-0.05, 0) is 18.1 Å². The summed E-state index contributed by atoms with van der Waals surface area (Å²) in [4.78, 5) is 41.4. The minimum absolute atomic E-state index is 0.113. The molecule has 0 bridgehead atoms. The second kappa shape index (κ2) is 11.8. The average Bonchev–Trinajstić information content (AvgIpc) is 2.85. The summed E-state index contributed by atoms with van der Waals surface area (Å²) < 4.78 is 10.3. The molecule has 0 saturated carbocycles. The fourth-order valence-corrected chi connectivity index (χ4v) is 3.57. The number of hydrazine groups is 1. The van der Waals surface area contributed by atoms with E-state index in [0.29, 0.717) is 0 Å². The van der Waals surface area contributed by atoms with Crippen molar-refractivity contribution in [2.24, 2.45) is 0 Å². The molecule has 182 valence electrons. The van der Waals surface area contributed by atoms with Gasteiger partial charge in [-0.25, -0.2) is 9.99 Å². The lowest BCUT2D eigenvalue weighted by Gasteiger charge is -2.30. The zero-order chi connectivity index (χ0) is 25.4. The lowest BCUT2D eigenvalue weighted by molar-refractivity contribution is -0.132. The number of nitrogens with zero attached hydrogens (tertiary/aromatic N) is 2. The highest BCUT2D eigenvalue weighted by molar-refractivity contribution is 5.99. The molecular formula is C26H28N4O5. The molecule has 2 amide bonds. The van der Waals surface area contributed by atoms with Crippen molar-refractivity contribution in [3.05, 3.63) is 89.7 Å². The number of carbonyl (C=O) groups is 3. The Kier molecular flexibility index (Phi) is 8.53. The van der Waals surface area contributed by atoms with Crippen LogP contribution >= 0.6 is 0 Å². The molecule has 9 heteroatoms. The standard InChI is InChI=1S/C26H28N4O5/c1-17(28-26(33)22-24(35-18(2)31)21(34-4)15-16-27-22)25(32)29-30(3)23(19-11-7-5-8-12-19)20-13-9-6-10-14-20/h5-17,23H,1-4H3,(H,28,33)(H,29,32)/t17-/m0/s1. The summed E-state index contributed by atoms with van der Waals surface area (Å²) in [6, 6.07) is 19.8. The molecule has 3 aromatic rings. The van der Waals surface area contributed by atoms with Crippen molar-refractivity contribution in [2.75, 3.05) is 14.2 Å². The van der Waals surface area contributed by atoms with Gasteiger partial charge in [0.1, 0.15) is 6.04 Å². The van der Waals surface area contributed by atoms with Crippen LogP contribution in [0.4, 0.5) is 0 Å². The molecule has 2 N–H and O–H groups in total. The van der Waals surface area contributed by atoms with E-state index in [4.69, 9.17) is 9.47 Å². The zero-order valence-electron chi connectivity index (χ0n) is 20.0. The predicted molar refractivity (Wildman–Crippen MR) is 130 cm³/mol. The van der Waals surface area contributed by atoms with E-state index < -0.39 is 23.8 Å². The van der Waals surface area contributed by atoms with E-state index >= 15 is 0 Å². The lowest BCUT2D eigenvalue weighted by Crippen LogP contribution is -2.51. The third-order valence-electron chi connectivity index (χ3n) is 5.19. The Hall–Kier alpha value is -4.24. The van der Waals surface area contributed by atoms with Gasteiger partial charge in [-0.15, -0.1) is 0 Å². The third-order valence-corrected chi connectivity index (χ3v) is 5.19. The Bertz CT molecular complexity index is 1130. The zero-order valence-corrected chi connectivity index (χ0v) is 20.0. The van der Waals surface area contributed by atoms with Gasteiger partial charge in [-0.3, -0.25) is 19.8 Å². The van der Waals surface area contributed by atoms with Crippen LogP contribution in [0.3, 0.4) is 0 Å². The van der Waals surface area contributed by atoms with E-state index in [2.05, 4.69) is 15.7 Å². The van der Waals surface area contributed by atoms with Gasteiger partial charge in [0.25, 0.3) is 11.8 Å². The predicted octanol–water partition coefficient (Wildman–Crippen LogP) is 2.89. The number of amides is 2. The maximum atomic E-state index is 13.0. The SMILES string of the molecule is COc1ccnc(C(=O)N[C@@H](C)C(=O)NN(C)C(c2ccccc2)c2ccccc2)c1OC(C)=O. The second-order valence-corrected chi connectivity index (χ2v) is 7.79. The fourth-order valence-electron chi connectivity index (χ4n) is 3.57. The number of hydrogen-bond acceptors (Lipinski definition) is 7. The Labute approximate surface area is 204 Å². The number of ether oxygens (including phenoxy) is 2. The highest BCUT2D eigenvalue weighted by Crippen LogP contribution is 2.30. The molecule has 3 rings (SSSR count). The van der Waals surface area contributed by atoms with Gasteiger partial charge in [0.15, 0.2) is 11.4 Å². The van der Waals surface area contributed by atoms with Crippen LogP contribution < -0.4 is 20.2 Å². The second-order valence-electron chi connectivity index (χ2n) is 7.79. The fraction of sp³-hybridized carbons (Fsp3) is 0.231. The van der Waals surface area contributed by atoms with Crippen molar-refractivity contribution in [1.82, 2.24) is 20.7 Å². The van der Waals surface area contributed by atoms with Gasteiger partial charge in [-0.2, -0.15) is 0 Å². The number of benzene rings is 2. The average molecular weight is 477 g/mol. The van der Waals surface area contributed by atoms with Crippen LogP contribution in [0.2, 0.25) is 0 Å². The van der Waals surface area contributed by atoms with Crippen molar-refractivity contribution in [2.45, 2.75) is 25.9 Å². The van der Waals surface area contributed by atoms with Crippen LogP contribution in [-0.4, -0.2) is 48.0 Å². The van der Waals surface area contributed by atoms with E-state index in [1.165, 1.54) is 26.3 Å². The van der Waals surface area contributed by atoms with Gasteiger partial charge in [0.05, 0.1) is 13.2 Å². The largest absolute Gasteiger partial charge is 0.493 e. The summed E-state index contributed by atoms with van der Waals surface area (Å²) in [5.41, 5.74) is 4.67. The molecule has 2 aromatic carbocycles. The number of methoxy groups -OCH3 is 1. The van der Waals surface area contributed by atoms with E-state index in [0.717, 1.165) is 11.1 Å². The van der Waals surface area contributed by atoms with Gasteiger partial charge >= 0.3 is 5.97 Å². The van der Waals surface area contributed by atoms with Gasteiger partial charge in [0, 0.05) is 26.2 Å². The van der Waals surface area contributed by atoms with E-state index in [1.54, 1.807) is 19.0 Å². The molecular weight excluding hydrogens is 448 g/mol. The van der Waals surface area contributed by atoms with Crippen LogP contribution in [0.1, 0.15) is 41.5 Å². The molecule has 0 aliphatic heterocycles. The summed E-state index contributed by atoms with van der Waals surface area (Å²) in [7, 11) is 3.14. The van der Waals surface area contributed by atoms with Crippen molar-refractivity contribution >= 4 is 17.8 Å². The van der Waals surface area contributed by atoms with Crippen LogP contribution in [0.5, 0.6) is 11.5 Å². The molecule has 9 nitrogen and oxygen atoms in total. The van der Waals surface area contributed by atoms with Gasteiger partial charge in [-0.1, -0.05) is 60.7 Å². The molecule has 0 spiro atoms. The molecule has 0 saturated heterocycles. The number of esters is 1. The van der Waals surface area contributed by atoms with Crippen LogP contribution in [0.15, 0.2) is 72.9 Å². The van der Waals surface area contributed by atoms with Crippen LogP contribution in [0.25, 0.3) is 0 Å². The lowest BCUT2D eigenvalue weighted by atomic mass is 9.98. The van der Waals surface area contributed by atoms with Crippen LogP contribution in [0, 0.1) is 0 Å². The molecule has 0 unspecified atom stereocenters. The minimum atomic E-state index is -0.921. The topological polar surface area (TPSA) is 110 Å². The van der Waals surface area contributed by atoms with Crippen LogP contribution in [-0.2, 0) is 9.59 Å². The number of rotatable bonds is 9. The third kappa shape index (κ3) is 6.42. The molecule has 0 aliphatic carbocycles.